The van der Waals surface area contributed by atoms with Gasteiger partial charge in [-0.25, -0.2) is 4.98 Å². The van der Waals surface area contributed by atoms with E-state index in [1.54, 1.807) is 0 Å². The van der Waals surface area contributed by atoms with E-state index < -0.39 is 22.2 Å². The molecule has 1 aliphatic heterocycles. The van der Waals surface area contributed by atoms with Gasteiger partial charge in [0.1, 0.15) is 11.2 Å². The van der Waals surface area contributed by atoms with E-state index in [2.05, 4.69) is 9.71 Å². The first kappa shape index (κ1) is 15.0. The van der Waals surface area contributed by atoms with Gasteiger partial charge in [0.2, 0.25) is 0 Å². The SMILES string of the molecule is O=C(O)C1CCCCN1S(=O)(=O)Nc1ccc(Cl)nc1. The van der Waals surface area contributed by atoms with Gasteiger partial charge < -0.3 is 5.11 Å². The molecule has 1 aromatic heterocycles. The van der Waals surface area contributed by atoms with E-state index in [1.165, 1.54) is 18.3 Å². The Morgan fingerprint density at radius 2 is 2.20 bits per heavy atom. The molecule has 0 bridgehead atoms. The third-order valence-electron chi connectivity index (χ3n) is 3.02. The van der Waals surface area contributed by atoms with Gasteiger partial charge in [-0.15, -0.1) is 0 Å². The predicted molar refractivity (Wildman–Crippen MR) is 73.8 cm³/mol. The topological polar surface area (TPSA) is 99.6 Å². The summed E-state index contributed by atoms with van der Waals surface area (Å²) < 4.78 is 27.8. The Morgan fingerprint density at radius 1 is 1.45 bits per heavy atom. The Balaban J connectivity index is 2.20. The summed E-state index contributed by atoms with van der Waals surface area (Å²) in [7, 11) is -3.92. The molecule has 0 radical (unpaired) electrons. The standard InChI is InChI=1S/C11H14ClN3O4S/c12-10-5-4-8(7-13-10)14-20(18,19)15-6-2-1-3-9(15)11(16)17/h4-5,7,9,14H,1-3,6H2,(H,16,17). The molecule has 9 heteroatoms. The summed E-state index contributed by atoms with van der Waals surface area (Å²) >= 11 is 5.62. The van der Waals surface area contributed by atoms with Gasteiger partial charge in [0.15, 0.2) is 0 Å². The average molecular weight is 320 g/mol. The number of nitrogens with zero attached hydrogens (tertiary/aromatic N) is 2. The molecule has 1 aromatic rings. The number of aromatic nitrogens is 1. The quantitative estimate of drug-likeness (QED) is 0.816. The number of halogens is 1. The number of carboxylic acid groups (broad SMARTS) is 1. The van der Waals surface area contributed by atoms with Crippen LogP contribution in [-0.2, 0) is 15.0 Å². The van der Waals surface area contributed by atoms with Crippen LogP contribution in [0.4, 0.5) is 5.69 Å². The molecule has 1 fully saturated rings. The van der Waals surface area contributed by atoms with Gasteiger partial charge in [0.05, 0.1) is 11.9 Å². The molecule has 2 N–H and O–H groups in total. The number of carbonyl (C=O) groups is 1. The highest BCUT2D eigenvalue weighted by Gasteiger charge is 2.36. The molecule has 7 nitrogen and oxygen atoms in total. The molecule has 110 valence electrons. The molecular weight excluding hydrogens is 306 g/mol. The van der Waals surface area contributed by atoms with Gasteiger partial charge in [-0.3, -0.25) is 9.52 Å². The van der Waals surface area contributed by atoms with Crippen molar-refractivity contribution in [3.63, 3.8) is 0 Å². The van der Waals surface area contributed by atoms with Gasteiger partial charge in [-0.05, 0) is 31.4 Å². The van der Waals surface area contributed by atoms with Crippen molar-refractivity contribution in [1.82, 2.24) is 9.29 Å². The molecular formula is C11H14ClN3O4S. The Kier molecular flexibility index (Phi) is 4.46. The summed E-state index contributed by atoms with van der Waals surface area (Å²) in [5.74, 6) is -1.13. The highest BCUT2D eigenvalue weighted by atomic mass is 35.5. The van der Waals surface area contributed by atoms with Crippen LogP contribution in [0.15, 0.2) is 18.3 Å². The minimum absolute atomic E-state index is 0.188. The molecule has 0 aliphatic carbocycles. The van der Waals surface area contributed by atoms with Crippen LogP contribution in [-0.4, -0.2) is 41.4 Å². The molecule has 0 saturated carbocycles. The summed E-state index contributed by atoms with van der Waals surface area (Å²) in [6.45, 7) is 0.188. The number of pyridine rings is 1. The number of aliphatic carboxylic acids is 1. The van der Waals surface area contributed by atoms with Gasteiger partial charge >= 0.3 is 16.2 Å². The van der Waals surface area contributed by atoms with Crippen LogP contribution in [0.2, 0.25) is 5.15 Å². The van der Waals surface area contributed by atoms with Gasteiger partial charge in [0, 0.05) is 6.54 Å². The van der Waals surface area contributed by atoms with Crippen molar-refractivity contribution < 1.29 is 18.3 Å². The molecule has 0 spiro atoms. The third kappa shape index (κ3) is 3.38. The van der Waals surface area contributed by atoms with E-state index in [1.807, 2.05) is 0 Å². The zero-order chi connectivity index (χ0) is 14.8. The van der Waals surface area contributed by atoms with Crippen LogP contribution in [0.3, 0.4) is 0 Å². The van der Waals surface area contributed by atoms with Crippen molar-refractivity contribution in [2.24, 2.45) is 0 Å². The normalized spacial score (nSPS) is 20.6. The lowest BCUT2D eigenvalue weighted by Crippen LogP contribution is -2.49. The zero-order valence-corrected chi connectivity index (χ0v) is 12.1. The maximum Gasteiger partial charge on any atom is 0.322 e. The predicted octanol–water partition coefficient (Wildman–Crippen LogP) is 1.33. The van der Waals surface area contributed by atoms with Crippen molar-refractivity contribution in [3.05, 3.63) is 23.5 Å². The summed E-state index contributed by atoms with van der Waals surface area (Å²) in [6, 6.07) is 1.89. The molecule has 0 aromatic carbocycles. The fourth-order valence-electron chi connectivity index (χ4n) is 2.08. The van der Waals surface area contributed by atoms with Crippen molar-refractivity contribution in [3.8, 4) is 0 Å². The van der Waals surface area contributed by atoms with Gasteiger partial charge in [-0.1, -0.05) is 11.6 Å². The molecule has 20 heavy (non-hydrogen) atoms. The van der Waals surface area contributed by atoms with Crippen LogP contribution in [0.1, 0.15) is 19.3 Å². The number of anilines is 1. The second-order valence-corrected chi connectivity index (χ2v) is 6.45. The average Bonchev–Trinajstić information content (AvgIpc) is 2.41. The van der Waals surface area contributed by atoms with Gasteiger partial charge in [0.25, 0.3) is 0 Å². The van der Waals surface area contributed by atoms with E-state index in [-0.39, 0.29) is 17.4 Å². The van der Waals surface area contributed by atoms with Crippen LogP contribution in [0.25, 0.3) is 0 Å². The fourth-order valence-corrected chi connectivity index (χ4v) is 3.63. The molecule has 2 heterocycles. The second-order valence-electron chi connectivity index (χ2n) is 4.44. The van der Waals surface area contributed by atoms with Crippen LogP contribution in [0, 0.1) is 0 Å². The van der Waals surface area contributed by atoms with E-state index in [0.717, 1.165) is 4.31 Å². The number of piperidine rings is 1. The summed E-state index contributed by atoms with van der Waals surface area (Å²) in [5.41, 5.74) is 0.240. The number of nitrogens with one attached hydrogen (secondary N) is 1. The first-order valence-corrected chi connectivity index (χ1v) is 7.86. The Bertz CT molecular complexity index is 590. The molecule has 1 atom stereocenters. The molecule has 2 rings (SSSR count). The van der Waals surface area contributed by atoms with Crippen molar-refractivity contribution >= 4 is 33.5 Å². The maximum absolute atomic E-state index is 12.2. The largest absolute Gasteiger partial charge is 0.480 e. The maximum atomic E-state index is 12.2. The summed E-state index contributed by atoms with van der Waals surface area (Å²) in [5, 5.41) is 9.36. The Morgan fingerprint density at radius 3 is 2.80 bits per heavy atom. The molecule has 1 saturated heterocycles. The lowest BCUT2D eigenvalue weighted by molar-refractivity contribution is -0.142. The minimum Gasteiger partial charge on any atom is -0.480 e. The van der Waals surface area contributed by atoms with E-state index in [4.69, 9.17) is 16.7 Å². The third-order valence-corrected chi connectivity index (χ3v) is 4.79. The number of hydrogen-bond acceptors (Lipinski definition) is 4. The van der Waals surface area contributed by atoms with Crippen molar-refractivity contribution in [2.45, 2.75) is 25.3 Å². The van der Waals surface area contributed by atoms with Crippen molar-refractivity contribution in [1.29, 1.82) is 0 Å². The number of rotatable bonds is 4. The summed E-state index contributed by atoms with van der Waals surface area (Å²) in [6.07, 6.45) is 2.93. The number of carboxylic acids is 1. The fraction of sp³-hybridized carbons (Fsp3) is 0.455. The first-order valence-electron chi connectivity index (χ1n) is 6.04. The monoisotopic (exact) mass is 319 g/mol. The smallest absolute Gasteiger partial charge is 0.322 e. The van der Waals surface area contributed by atoms with Crippen LogP contribution in [0.5, 0.6) is 0 Å². The minimum atomic E-state index is -3.92. The lowest BCUT2D eigenvalue weighted by atomic mass is 10.1. The van der Waals surface area contributed by atoms with E-state index >= 15 is 0 Å². The van der Waals surface area contributed by atoms with E-state index in [9.17, 15) is 13.2 Å². The molecule has 0 amide bonds. The highest BCUT2D eigenvalue weighted by Crippen LogP contribution is 2.22. The first-order chi connectivity index (χ1) is 9.40. The highest BCUT2D eigenvalue weighted by molar-refractivity contribution is 7.90. The number of hydrogen-bond donors (Lipinski definition) is 2. The molecule has 1 aliphatic rings. The van der Waals surface area contributed by atoms with E-state index in [0.29, 0.717) is 19.3 Å². The second kappa shape index (κ2) is 5.94. The lowest BCUT2D eigenvalue weighted by Gasteiger charge is -2.31. The Labute approximate surface area is 121 Å². The summed E-state index contributed by atoms with van der Waals surface area (Å²) in [4.78, 5) is 14.9. The van der Waals surface area contributed by atoms with Crippen LogP contribution < -0.4 is 4.72 Å². The van der Waals surface area contributed by atoms with Crippen LogP contribution >= 0.6 is 11.6 Å². The zero-order valence-electron chi connectivity index (χ0n) is 10.5. The van der Waals surface area contributed by atoms with Crippen molar-refractivity contribution in [2.75, 3.05) is 11.3 Å². The Hall–Kier alpha value is -1.38. The molecule has 1 unspecified atom stereocenters. The van der Waals surface area contributed by atoms with Gasteiger partial charge in [-0.2, -0.15) is 12.7 Å².